The van der Waals surface area contributed by atoms with E-state index in [1.165, 1.54) is 0 Å². The number of hydrogen-bond donors (Lipinski definition) is 3. The van der Waals surface area contributed by atoms with Crippen LogP contribution in [-0.4, -0.2) is 10.1 Å². The van der Waals surface area contributed by atoms with Gasteiger partial charge in [0.1, 0.15) is 11.6 Å². The second-order valence-corrected chi connectivity index (χ2v) is 3.46. The number of aromatic nitrogens is 1. The van der Waals surface area contributed by atoms with E-state index in [0.29, 0.717) is 12.2 Å². The molecule has 0 spiro atoms. The summed E-state index contributed by atoms with van der Waals surface area (Å²) in [6.07, 6.45) is 1.72. The number of nitrogens with zero attached hydrogens (tertiary/aromatic N) is 1. The molecule has 0 saturated carbocycles. The third kappa shape index (κ3) is 2.42. The van der Waals surface area contributed by atoms with Gasteiger partial charge < -0.3 is 16.2 Å². The van der Waals surface area contributed by atoms with Gasteiger partial charge in [-0.15, -0.1) is 0 Å². The van der Waals surface area contributed by atoms with Crippen LogP contribution in [0.1, 0.15) is 5.56 Å². The van der Waals surface area contributed by atoms with Crippen molar-refractivity contribution in [2.24, 2.45) is 0 Å². The number of hydrogen-bond acceptors (Lipinski definition) is 4. The van der Waals surface area contributed by atoms with Crippen LogP contribution in [0.4, 0.5) is 11.5 Å². The van der Waals surface area contributed by atoms with Crippen molar-refractivity contribution >= 4 is 11.5 Å². The molecule has 2 aromatic rings. The highest BCUT2D eigenvalue weighted by atomic mass is 16.3. The lowest BCUT2D eigenvalue weighted by molar-refractivity contribution is 0.477. The molecule has 1 aromatic heterocycles. The van der Waals surface area contributed by atoms with E-state index >= 15 is 0 Å². The van der Waals surface area contributed by atoms with Gasteiger partial charge in [-0.05, 0) is 29.8 Å². The molecule has 4 heteroatoms. The molecular formula is C12H13N3O. The Hall–Kier alpha value is -2.23. The lowest BCUT2D eigenvalue weighted by Gasteiger charge is -2.06. The molecule has 4 nitrogen and oxygen atoms in total. The topological polar surface area (TPSA) is 71.2 Å². The maximum atomic E-state index is 9.43. The van der Waals surface area contributed by atoms with Crippen LogP contribution < -0.4 is 11.1 Å². The summed E-state index contributed by atoms with van der Waals surface area (Å²) < 4.78 is 0. The van der Waals surface area contributed by atoms with Gasteiger partial charge in [0.05, 0.1) is 5.69 Å². The zero-order valence-corrected chi connectivity index (χ0v) is 8.72. The van der Waals surface area contributed by atoms with Crippen molar-refractivity contribution in [3.05, 3.63) is 48.2 Å². The predicted octanol–water partition coefficient (Wildman–Crippen LogP) is 1.98. The molecule has 4 N–H and O–H groups in total. The van der Waals surface area contributed by atoms with E-state index in [9.17, 15) is 5.11 Å². The zero-order valence-electron chi connectivity index (χ0n) is 8.72. The van der Waals surface area contributed by atoms with E-state index in [0.717, 1.165) is 11.4 Å². The van der Waals surface area contributed by atoms with Gasteiger partial charge in [-0.25, -0.2) is 4.98 Å². The normalized spacial score (nSPS) is 10.0. The van der Waals surface area contributed by atoms with Gasteiger partial charge in [-0.3, -0.25) is 0 Å². The summed E-state index contributed by atoms with van der Waals surface area (Å²) in [5, 5.41) is 12.6. The molecule has 0 bridgehead atoms. The fourth-order valence-corrected chi connectivity index (χ4v) is 1.36. The average Bonchev–Trinajstić information content (AvgIpc) is 2.32. The van der Waals surface area contributed by atoms with Gasteiger partial charge >= 0.3 is 0 Å². The summed E-state index contributed by atoms with van der Waals surface area (Å²) in [5.41, 5.74) is 6.86. The van der Waals surface area contributed by atoms with Crippen LogP contribution in [0.2, 0.25) is 0 Å². The van der Waals surface area contributed by atoms with Crippen molar-refractivity contribution in [1.82, 2.24) is 4.98 Å². The predicted molar refractivity (Wildman–Crippen MR) is 64.1 cm³/mol. The summed E-state index contributed by atoms with van der Waals surface area (Å²) in [4.78, 5) is 4.14. The molecule has 0 aliphatic carbocycles. The molecule has 0 unspecified atom stereocenters. The first-order valence-electron chi connectivity index (χ1n) is 4.98. The Balaban J connectivity index is 2.03. The molecule has 1 aromatic carbocycles. The number of phenolic OH excluding ortho intramolecular Hbond substituents is 1. The van der Waals surface area contributed by atoms with Crippen molar-refractivity contribution in [1.29, 1.82) is 0 Å². The van der Waals surface area contributed by atoms with E-state index in [1.807, 2.05) is 24.3 Å². The molecule has 0 radical (unpaired) electrons. The summed E-state index contributed by atoms with van der Waals surface area (Å²) >= 11 is 0. The maximum absolute atomic E-state index is 9.43. The zero-order chi connectivity index (χ0) is 11.4. The van der Waals surface area contributed by atoms with Crippen molar-refractivity contribution < 1.29 is 5.11 Å². The Morgan fingerprint density at radius 1 is 1.25 bits per heavy atom. The number of aromatic hydroxyl groups is 1. The second kappa shape index (κ2) is 4.53. The van der Waals surface area contributed by atoms with Gasteiger partial charge in [-0.2, -0.15) is 0 Å². The van der Waals surface area contributed by atoms with Gasteiger partial charge in [0.2, 0.25) is 0 Å². The third-order valence-electron chi connectivity index (χ3n) is 2.23. The van der Waals surface area contributed by atoms with Gasteiger partial charge in [-0.1, -0.05) is 12.1 Å². The molecule has 0 saturated heterocycles. The molecule has 82 valence electrons. The molecule has 0 aliphatic heterocycles. The molecule has 2 rings (SSSR count). The first-order chi connectivity index (χ1) is 7.75. The standard InChI is InChI=1S/C12H13N3O/c13-10-5-4-9(7-11(10)16)8-15-12-3-1-2-6-14-12/h1-7,16H,8,13H2,(H,14,15). The highest BCUT2D eigenvalue weighted by molar-refractivity contribution is 5.53. The first kappa shape index (κ1) is 10.3. The van der Waals surface area contributed by atoms with Crippen LogP contribution >= 0.6 is 0 Å². The van der Waals surface area contributed by atoms with E-state index < -0.39 is 0 Å². The number of nitrogen functional groups attached to an aromatic ring is 1. The van der Waals surface area contributed by atoms with E-state index in [-0.39, 0.29) is 5.75 Å². The number of nitrogens with one attached hydrogen (secondary N) is 1. The largest absolute Gasteiger partial charge is 0.506 e. The maximum Gasteiger partial charge on any atom is 0.138 e. The first-order valence-corrected chi connectivity index (χ1v) is 4.98. The minimum absolute atomic E-state index is 0.111. The van der Waals surface area contributed by atoms with E-state index in [4.69, 9.17) is 5.73 Å². The van der Waals surface area contributed by atoms with Crippen molar-refractivity contribution in [3.8, 4) is 5.75 Å². The average molecular weight is 215 g/mol. The molecule has 0 amide bonds. The van der Waals surface area contributed by atoms with Crippen molar-refractivity contribution in [2.45, 2.75) is 6.54 Å². The molecular weight excluding hydrogens is 202 g/mol. The molecule has 0 fully saturated rings. The highest BCUT2D eigenvalue weighted by Crippen LogP contribution is 2.20. The van der Waals surface area contributed by atoms with Gasteiger partial charge in [0.15, 0.2) is 0 Å². The smallest absolute Gasteiger partial charge is 0.138 e. The Morgan fingerprint density at radius 2 is 2.12 bits per heavy atom. The lowest BCUT2D eigenvalue weighted by Crippen LogP contribution is -2.01. The number of nitrogens with two attached hydrogens (primary N) is 1. The van der Waals surface area contributed by atoms with Crippen LogP contribution in [0.3, 0.4) is 0 Å². The monoisotopic (exact) mass is 215 g/mol. The molecule has 16 heavy (non-hydrogen) atoms. The number of benzene rings is 1. The molecule has 1 heterocycles. The summed E-state index contributed by atoms with van der Waals surface area (Å²) in [6.45, 7) is 0.602. The summed E-state index contributed by atoms with van der Waals surface area (Å²) in [7, 11) is 0. The fourth-order valence-electron chi connectivity index (χ4n) is 1.36. The van der Waals surface area contributed by atoms with Crippen LogP contribution in [0.25, 0.3) is 0 Å². The number of pyridine rings is 1. The Labute approximate surface area is 93.8 Å². The molecule has 0 aliphatic rings. The number of rotatable bonds is 3. The van der Waals surface area contributed by atoms with Crippen LogP contribution in [0.5, 0.6) is 5.75 Å². The summed E-state index contributed by atoms with van der Waals surface area (Å²) in [6, 6.07) is 10.9. The Morgan fingerprint density at radius 3 is 2.81 bits per heavy atom. The minimum atomic E-state index is 0.111. The van der Waals surface area contributed by atoms with Crippen LogP contribution in [-0.2, 0) is 6.54 Å². The SMILES string of the molecule is Nc1ccc(CNc2ccccn2)cc1O. The van der Waals surface area contributed by atoms with Crippen LogP contribution in [0, 0.1) is 0 Å². The van der Waals surface area contributed by atoms with Crippen molar-refractivity contribution in [2.75, 3.05) is 11.1 Å². The minimum Gasteiger partial charge on any atom is -0.506 e. The summed E-state index contributed by atoms with van der Waals surface area (Å²) in [5.74, 6) is 0.916. The number of anilines is 2. The van der Waals surface area contributed by atoms with Crippen LogP contribution in [0.15, 0.2) is 42.6 Å². The number of phenols is 1. The lowest BCUT2D eigenvalue weighted by atomic mass is 10.2. The Bertz CT molecular complexity index is 471. The van der Waals surface area contributed by atoms with E-state index in [2.05, 4.69) is 10.3 Å². The highest BCUT2D eigenvalue weighted by Gasteiger charge is 1.99. The fraction of sp³-hybridized carbons (Fsp3) is 0.0833. The van der Waals surface area contributed by atoms with Gasteiger partial charge in [0, 0.05) is 12.7 Å². The second-order valence-electron chi connectivity index (χ2n) is 3.46. The van der Waals surface area contributed by atoms with E-state index in [1.54, 1.807) is 18.3 Å². The molecule has 0 atom stereocenters. The van der Waals surface area contributed by atoms with Crippen molar-refractivity contribution in [3.63, 3.8) is 0 Å². The quantitative estimate of drug-likeness (QED) is 0.541. The Kier molecular flexibility index (Phi) is 2.91. The third-order valence-corrected chi connectivity index (χ3v) is 2.23. The van der Waals surface area contributed by atoms with Gasteiger partial charge in [0.25, 0.3) is 0 Å².